The number of anilines is 2. The van der Waals surface area contributed by atoms with Crippen molar-refractivity contribution < 1.29 is 38.4 Å². The highest BCUT2D eigenvalue weighted by Crippen LogP contribution is 2.48. The summed E-state index contributed by atoms with van der Waals surface area (Å²) in [4.78, 5) is 41.5. The lowest BCUT2D eigenvalue weighted by atomic mass is 9.61. The standard InChI is InChI=1S/C31H34N2O8/c1-31(37)17-21(34)27(29(35)32-19-10-6-8-12-22(19)38-2)26(18-14-15-24(40-4)25(16-18)41-5)28(31)30(36)33-20-11-7-9-13-23(20)39-3/h6-16,26-28,37H,17H2,1-5H3,(H,32,35)(H,33,36)/t26-,27-,28+,31-/m0/s1. The first-order valence-corrected chi connectivity index (χ1v) is 13.0. The fourth-order valence-corrected chi connectivity index (χ4v) is 5.47. The van der Waals surface area contributed by atoms with Crippen molar-refractivity contribution in [1.29, 1.82) is 0 Å². The summed E-state index contributed by atoms with van der Waals surface area (Å²) < 4.78 is 21.6. The molecule has 3 aromatic carbocycles. The number of amides is 2. The Morgan fingerprint density at radius 2 is 1.27 bits per heavy atom. The van der Waals surface area contributed by atoms with Crippen LogP contribution < -0.4 is 29.6 Å². The van der Waals surface area contributed by atoms with Gasteiger partial charge >= 0.3 is 0 Å². The fraction of sp³-hybridized carbons (Fsp3) is 0.323. The van der Waals surface area contributed by atoms with E-state index in [0.29, 0.717) is 39.9 Å². The molecule has 0 aromatic heterocycles. The SMILES string of the molecule is COc1ccccc1NC(=O)[C@H]1C(=O)C[C@](C)(O)[C@@H](C(=O)Nc2ccccc2OC)[C@H]1c1ccc(OC)c(OC)c1. The van der Waals surface area contributed by atoms with Gasteiger partial charge in [-0.05, 0) is 48.9 Å². The summed E-state index contributed by atoms with van der Waals surface area (Å²) in [6, 6.07) is 18.6. The largest absolute Gasteiger partial charge is 0.495 e. The smallest absolute Gasteiger partial charge is 0.235 e. The monoisotopic (exact) mass is 562 g/mol. The van der Waals surface area contributed by atoms with Crippen LogP contribution >= 0.6 is 0 Å². The van der Waals surface area contributed by atoms with Crippen molar-refractivity contribution in [1.82, 2.24) is 0 Å². The second-order valence-corrected chi connectivity index (χ2v) is 9.97. The number of rotatable bonds is 9. The number of Topliss-reactive ketones (excluding diaryl/α,β-unsaturated/α-hetero) is 1. The third kappa shape index (κ3) is 5.97. The van der Waals surface area contributed by atoms with Crippen LogP contribution in [-0.4, -0.2) is 56.7 Å². The van der Waals surface area contributed by atoms with Gasteiger partial charge in [-0.3, -0.25) is 14.4 Å². The molecule has 41 heavy (non-hydrogen) atoms. The minimum Gasteiger partial charge on any atom is -0.495 e. The van der Waals surface area contributed by atoms with E-state index in [0.717, 1.165) is 0 Å². The van der Waals surface area contributed by atoms with Gasteiger partial charge in [-0.2, -0.15) is 0 Å². The number of ketones is 1. The number of hydrogen-bond acceptors (Lipinski definition) is 8. The summed E-state index contributed by atoms with van der Waals surface area (Å²) in [6.07, 6.45) is -0.412. The summed E-state index contributed by atoms with van der Waals surface area (Å²) in [5.41, 5.74) is -0.598. The molecule has 0 saturated heterocycles. The number of para-hydroxylation sites is 4. The molecule has 10 nitrogen and oxygen atoms in total. The minimum atomic E-state index is -1.79. The van der Waals surface area contributed by atoms with Crippen LogP contribution in [0.15, 0.2) is 66.7 Å². The second kappa shape index (κ2) is 12.3. The zero-order valence-electron chi connectivity index (χ0n) is 23.6. The number of hydrogen-bond donors (Lipinski definition) is 3. The van der Waals surface area contributed by atoms with Crippen LogP contribution in [-0.2, 0) is 14.4 Å². The lowest BCUT2D eigenvalue weighted by molar-refractivity contribution is -0.150. The molecule has 4 atom stereocenters. The number of nitrogens with one attached hydrogen (secondary N) is 2. The Morgan fingerprint density at radius 3 is 1.80 bits per heavy atom. The number of methoxy groups -OCH3 is 4. The normalized spacial score (nSPS) is 21.9. The molecule has 3 aromatic rings. The van der Waals surface area contributed by atoms with Gasteiger partial charge in [0.1, 0.15) is 23.2 Å². The molecule has 0 heterocycles. The molecule has 1 saturated carbocycles. The predicted octanol–water partition coefficient (Wildman–Crippen LogP) is 4.04. The van der Waals surface area contributed by atoms with Crippen molar-refractivity contribution in [2.24, 2.45) is 11.8 Å². The van der Waals surface area contributed by atoms with E-state index in [9.17, 15) is 19.5 Å². The molecule has 3 N–H and O–H groups in total. The van der Waals surface area contributed by atoms with E-state index in [1.165, 1.54) is 35.4 Å². The van der Waals surface area contributed by atoms with Gasteiger partial charge in [0.2, 0.25) is 11.8 Å². The number of aliphatic hydroxyl groups is 1. The van der Waals surface area contributed by atoms with Crippen LogP contribution in [0.3, 0.4) is 0 Å². The molecule has 10 heteroatoms. The van der Waals surface area contributed by atoms with Crippen LogP contribution in [0, 0.1) is 11.8 Å². The lowest BCUT2D eigenvalue weighted by Crippen LogP contribution is -2.56. The molecule has 4 rings (SSSR count). The van der Waals surface area contributed by atoms with Gasteiger partial charge in [0.15, 0.2) is 11.5 Å². The maximum atomic E-state index is 14.0. The zero-order valence-corrected chi connectivity index (χ0v) is 23.6. The highest BCUT2D eigenvalue weighted by molar-refractivity contribution is 6.11. The molecule has 1 fully saturated rings. The number of carbonyl (C=O) groups is 3. The van der Waals surface area contributed by atoms with E-state index in [4.69, 9.17) is 18.9 Å². The van der Waals surface area contributed by atoms with Crippen LogP contribution in [0.2, 0.25) is 0 Å². The molecule has 1 aliphatic rings. The van der Waals surface area contributed by atoms with E-state index >= 15 is 0 Å². The third-order valence-corrected chi connectivity index (χ3v) is 7.35. The molecular formula is C31H34N2O8. The summed E-state index contributed by atoms with van der Waals surface area (Å²) >= 11 is 0. The van der Waals surface area contributed by atoms with Gasteiger partial charge in [-0.15, -0.1) is 0 Å². The van der Waals surface area contributed by atoms with Gasteiger partial charge < -0.3 is 34.7 Å². The number of carbonyl (C=O) groups excluding carboxylic acids is 3. The second-order valence-electron chi connectivity index (χ2n) is 9.97. The third-order valence-electron chi connectivity index (χ3n) is 7.35. The van der Waals surface area contributed by atoms with Crippen LogP contribution in [0.5, 0.6) is 23.0 Å². The molecule has 0 bridgehead atoms. The van der Waals surface area contributed by atoms with E-state index in [2.05, 4.69) is 10.6 Å². The average Bonchev–Trinajstić information content (AvgIpc) is 2.96. The van der Waals surface area contributed by atoms with Gasteiger partial charge in [0.05, 0.1) is 51.3 Å². The minimum absolute atomic E-state index is 0.343. The maximum Gasteiger partial charge on any atom is 0.235 e. The predicted molar refractivity (Wildman–Crippen MR) is 153 cm³/mol. The van der Waals surface area contributed by atoms with Crippen LogP contribution in [0.4, 0.5) is 11.4 Å². The van der Waals surface area contributed by atoms with Crippen molar-refractivity contribution in [3.63, 3.8) is 0 Å². The van der Waals surface area contributed by atoms with Gasteiger partial charge in [-0.1, -0.05) is 30.3 Å². The molecule has 216 valence electrons. The highest BCUT2D eigenvalue weighted by Gasteiger charge is 2.56. The molecule has 0 unspecified atom stereocenters. The van der Waals surface area contributed by atoms with E-state index < -0.39 is 47.4 Å². The van der Waals surface area contributed by atoms with Gasteiger partial charge in [0, 0.05) is 12.3 Å². The average molecular weight is 563 g/mol. The first-order chi connectivity index (χ1) is 19.6. The van der Waals surface area contributed by atoms with Crippen LogP contribution in [0.1, 0.15) is 24.8 Å². The van der Waals surface area contributed by atoms with Gasteiger partial charge in [-0.25, -0.2) is 0 Å². The topological polar surface area (TPSA) is 132 Å². The first kappa shape index (κ1) is 29.4. The summed E-state index contributed by atoms with van der Waals surface area (Å²) in [5.74, 6) is -3.76. The highest BCUT2D eigenvalue weighted by atomic mass is 16.5. The Hall–Kier alpha value is -4.57. The number of benzene rings is 3. The Bertz CT molecular complexity index is 1440. The molecule has 0 aliphatic heterocycles. The lowest BCUT2D eigenvalue weighted by Gasteiger charge is -2.44. The van der Waals surface area contributed by atoms with Gasteiger partial charge in [0.25, 0.3) is 0 Å². The Morgan fingerprint density at radius 1 is 0.756 bits per heavy atom. The van der Waals surface area contributed by atoms with E-state index in [-0.39, 0.29) is 0 Å². The zero-order chi connectivity index (χ0) is 29.7. The Labute approximate surface area is 238 Å². The molecule has 0 radical (unpaired) electrons. The molecule has 2 amide bonds. The Kier molecular flexibility index (Phi) is 8.83. The Balaban J connectivity index is 1.84. The van der Waals surface area contributed by atoms with E-state index in [1.54, 1.807) is 66.7 Å². The maximum absolute atomic E-state index is 14.0. The summed E-state index contributed by atoms with van der Waals surface area (Å²) in [6.45, 7) is 1.43. The number of ether oxygens (including phenoxy) is 4. The van der Waals surface area contributed by atoms with Crippen molar-refractivity contribution in [2.45, 2.75) is 24.9 Å². The fourth-order valence-electron chi connectivity index (χ4n) is 5.47. The van der Waals surface area contributed by atoms with Crippen LogP contribution in [0.25, 0.3) is 0 Å². The van der Waals surface area contributed by atoms with E-state index in [1.807, 2.05) is 0 Å². The summed E-state index contributed by atoms with van der Waals surface area (Å²) in [7, 11) is 5.89. The quantitative estimate of drug-likeness (QED) is 0.333. The first-order valence-electron chi connectivity index (χ1n) is 13.0. The van der Waals surface area contributed by atoms with Crippen molar-refractivity contribution >= 4 is 29.0 Å². The molecule has 0 spiro atoms. The summed E-state index contributed by atoms with van der Waals surface area (Å²) in [5, 5.41) is 17.2. The van der Waals surface area contributed by atoms with Crippen molar-refractivity contribution in [3.05, 3.63) is 72.3 Å². The molecule has 1 aliphatic carbocycles. The van der Waals surface area contributed by atoms with Crippen molar-refractivity contribution in [3.8, 4) is 23.0 Å². The molecular weight excluding hydrogens is 528 g/mol. The van der Waals surface area contributed by atoms with Crippen molar-refractivity contribution in [2.75, 3.05) is 39.1 Å².